The van der Waals surface area contributed by atoms with Gasteiger partial charge >= 0.3 is 0 Å². The van der Waals surface area contributed by atoms with E-state index in [1.54, 1.807) is 11.8 Å². The first-order chi connectivity index (χ1) is 8.31. The van der Waals surface area contributed by atoms with Gasteiger partial charge in [0.25, 0.3) is 0 Å². The molecule has 0 aliphatic heterocycles. The van der Waals surface area contributed by atoms with Gasteiger partial charge < -0.3 is 9.84 Å². The van der Waals surface area contributed by atoms with E-state index in [1.807, 2.05) is 18.4 Å². The van der Waals surface area contributed by atoms with Crippen LogP contribution in [0, 0.1) is 0 Å². The summed E-state index contributed by atoms with van der Waals surface area (Å²) in [4.78, 5) is 0. The SMILES string of the molecule is CSCOc1cccc([C@@H]2CCCC[C@H]2O)c1. The molecule has 17 heavy (non-hydrogen) atoms. The monoisotopic (exact) mass is 252 g/mol. The molecule has 0 unspecified atom stereocenters. The lowest BCUT2D eigenvalue weighted by atomic mass is 9.82. The second kappa shape index (κ2) is 6.31. The van der Waals surface area contributed by atoms with Crippen LogP contribution in [-0.2, 0) is 0 Å². The molecule has 0 bridgehead atoms. The average molecular weight is 252 g/mol. The van der Waals surface area contributed by atoms with E-state index in [-0.39, 0.29) is 6.10 Å². The quantitative estimate of drug-likeness (QED) is 0.833. The van der Waals surface area contributed by atoms with Crippen LogP contribution in [0.25, 0.3) is 0 Å². The average Bonchev–Trinajstić information content (AvgIpc) is 2.37. The molecule has 2 nitrogen and oxygen atoms in total. The van der Waals surface area contributed by atoms with E-state index in [0.29, 0.717) is 11.9 Å². The molecule has 0 amide bonds. The van der Waals surface area contributed by atoms with E-state index in [9.17, 15) is 5.11 Å². The van der Waals surface area contributed by atoms with Gasteiger partial charge in [0.05, 0.1) is 6.10 Å². The van der Waals surface area contributed by atoms with Gasteiger partial charge in [-0.2, -0.15) is 0 Å². The van der Waals surface area contributed by atoms with E-state index in [0.717, 1.165) is 25.0 Å². The molecule has 0 heterocycles. The molecule has 1 aliphatic carbocycles. The lowest BCUT2D eigenvalue weighted by Gasteiger charge is -2.28. The minimum Gasteiger partial charge on any atom is -0.483 e. The molecule has 0 spiro atoms. The fourth-order valence-electron chi connectivity index (χ4n) is 2.46. The summed E-state index contributed by atoms with van der Waals surface area (Å²) in [5, 5.41) is 10.0. The molecule has 94 valence electrons. The van der Waals surface area contributed by atoms with E-state index in [4.69, 9.17) is 4.74 Å². The minimum absolute atomic E-state index is 0.181. The van der Waals surface area contributed by atoms with Crippen LogP contribution in [0.2, 0.25) is 0 Å². The molecule has 0 saturated heterocycles. The number of benzene rings is 1. The van der Waals surface area contributed by atoms with Crippen LogP contribution < -0.4 is 4.74 Å². The molecule has 1 aliphatic rings. The first-order valence-electron chi connectivity index (χ1n) is 6.21. The van der Waals surface area contributed by atoms with Gasteiger partial charge in [0.1, 0.15) is 11.7 Å². The largest absolute Gasteiger partial charge is 0.483 e. The topological polar surface area (TPSA) is 29.5 Å². The van der Waals surface area contributed by atoms with Crippen LogP contribution in [0.3, 0.4) is 0 Å². The van der Waals surface area contributed by atoms with Gasteiger partial charge in [-0.05, 0) is 36.8 Å². The van der Waals surface area contributed by atoms with Gasteiger partial charge in [0.2, 0.25) is 0 Å². The van der Waals surface area contributed by atoms with Crippen molar-refractivity contribution >= 4 is 11.8 Å². The van der Waals surface area contributed by atoms with Crippen molar-refractivity contribution in [1.29, 1.82) is 0 Å². The highest BCUT2D eigenvalue weighted by molar-refractivity contribution is 7.98. The van der Waals surface area contributed by atoms with Crippen LogP contribution in [0.1, 0.15) is 37.2 Å². The summed E-state index contributed by atoms with van der Waals surface area (Å²) in [6.45, 7) is 0. The fraction of sp³-hybridized carbons (Fsp3) is 0.571. The summed E-state index contributed by atoms with van der Waals surface area (Å²) in [6.07, 6.45) is 6.24. The fourth-order valence-corrected chi connectivity index (χ4v) is 2.72. The maximum atomic E-state index is 10.0. The Kier molecular flexibility index (Phi) is 4.75. The summed E-state index contributed by atoms with van der Waals surface area (Å²) in [5.74, 6) is 1.88. The number of thioether (sulfide) groups is 1. The summed E-state index contributed by atoms with van der Waals surface area (Å²) in [5.41, 5.74) is 1.22. The van der Waals surface area contributed by atoms with Crippen LogP contribution in [-0.4, -0.2) is 23.4 Å². The highest BCUT2D eigenvalue weighted by Crippen LogP contribution is 2.34. The Balaban J connectivity index is 2.08. The predicted octanol–water partition coefficient (Wildman–Crippen LogP) is 3.40. The molecule has 3 heteroatoms. The van der Waals surface area contributed by atoms with Crippen molar-refractivity contribution in [3.63, 3.8) is 0 Å². The van der Waals surface area contributed by atoms with Crippen LogP contribution in [0.4, 0.5) is 0 Å². The molecular weight excluding hydrogens is 232 g/mol. The first kappa shape index (κ1) is 12.8. The summed E-state index contributed by atoms with van der Waals surface area (Å²) in [6, 6.07) is 8.18. The number of ether oxygens (including phenoxy) is 1. The molecule has 1 aromatic rings. The normalized spacial score (nSPS) is 24.6. The van der Waals surface area contributed by atoms with Gasteiger partial charge in [-0.1, -0.05) is 25.0 Å². The Hall–Kier alpha value is -0.670. The van der Waals surface area contributed by atoms with E-state index in [1.165, 1.54) is 12.0 Å². The Morgan fingerprint density at radius 2 is 2.18 bits per heavy atom. The lowest BCUT2D eigenvalue weighted by Crippen LogP contribution is -2.22. The van der Waals surface area contributed by atoms with Crippen molar-refractivity contribution in [3.8, 4) is 5.75 Å². The maximum Gasteiger partial charge on any atom is 0.133 e. The molecule has 1 N–H and O–H groups in total. The highest BCUT2D eigenvalue weighted by Gasteiger charge is 2.24. The third kappa shape index (κ3) is 3.39. The van der Waals surface area contributed by atoms with Crippen LogP contribution in [0.15, 0.2) is 24.3 Å². The van der Waals surface area contributed by atoms with Crippen molar-refractivity contribution in [2.45, 2.75) is 37.7 Å². The Morgan fingerprint density at radius 1 is 1.35 bits per heavy atom. The molecule has 2 atom stereocenters. The van der Waals surface area contributed by atoms with Crippen molar-refractivity contribution in [2.24, 2.45) is 0 Å². The minimum atomic E-state index is -0.181. The standard InChI is InChI=1S/C14H20O2S/c1-17-10-16-12-6-4-5-11(9-12)13-7-2-3-8-14(13)15/h4-6,9,13-15H,2-3,7-8,10H2,1H3/t13-,14+/m0/s1. The maximum absolute atomic E-state index is 10.0. The first-order valence-corrected chi connectivity index (χ1v) is 7.60. The third-order valence-electron chi connectivity index (χ3n) is 3.36. The van der Waals surface area contributed by atoms with Gasteiger partial charge in [-0.15, -0.1) is 11.8 Å². The van der Waals surface area contributed by atoms with E-state index >= 15 is 0 Å². The van der Waals surface area contributed by atoms with Gasteiger partial charge in [-0.3, -0.25) is 0 Å². The van der Waals surface area contributed by atoms with Gasteiger partial charge in [-0.25, -0.2) is 0 Å². The molecule has 0 radical (unpaired) electrons. The van der Waals surface area contributed by atoms with Crippen LogP contribution in [0.5, 0.6) is 5.75 Å². The third-order valence-corrected chi connectivity index (χ3v) is 3.71. The summed E-state index contributed by atoms with van der Waals surface area (Å²) in [7, 11) is 0. The van der Waals surface area contributed by atoms with Gasteiger partial charge in [0, 0.05) is 5.92 Å². The zero-order chi connectivity index (χ0) is 12.1. The number of hydrogen-bond acceptors (Lipinski definition) is 3. The second-order valence-electron chi connectivity index (χ2n) is 4.58. The number of hydrogen-bond donors (Lipinski definition) is 1. The highest BCUT2D eigenvalue weighted by atomic mass is 32.2. The van der Waals surface area contributed by atoms with Crippen molar-refractivity contribution in [1.82, 2.24) is 0 Å². The van der Waals surface area contributed by atoms with Crippen molar-refractivity contribution in [2.75, 3.05) is 12.2 Å². The zero-order valence-corrected chi connectivity index (χ0v) is 11.1. The zero-order valence-electron chi connectivity index (χ0n) is 10.3. The lowest BCUT2D eigenvalue weighted by molar-refractivity contribution is 0.106. The van der Waals surface area contributed by atoms with E-state index < -0.39 is 0 Å². The molecule has 1 fully saturated rings. The second-order valence-corrected chi connectivity index (χ2v) is 5.39. The summed E-state index contributed by atoms with van der Waals surface area (Å²) < 4.78 is 5.60. The summed E-state index contributed by atoms with van der Waals surface area (Å²) >= 11 is 1.67. The Bertz CT molecular complexity index is 354. The van der Waals surface area contributed by atoms with Crippen molar-refractivity contribution in [3.05, 3.63) is 29.8 Å². The number of rotatable bonds is 4. The molecule has 2 rings (SSSR count). The molecular formula is C14H20O2S. The number of aliphatic hydroxyl groups is 1. The van der Waals surface area contributed by atoms with Crippen LogP contribution >= 0.6 is 11.8 Å². The molecule has 1 saturated carbocycles. The smallest absolute Gasteiger partial charge is 0.133 e. The van der Waals surface area contributed by atoms with E-state index in [2.05, 4.69) is 12.1 Å². The molecule has 0 aromatic heterocycles. The van der Waals surface area contributed by atoms with Gasteiger partial charge in [0.15, 0.2) is 0 Å². The predicted molar refractivity (Wildman–Crippen MR) is 72.7 cm³/mol. The Labute approximate surface area is 107 Å². The van der Waals surface area contributed by atoms with Crippen molar-refractivity contribution < 1.29 is 9.84 Å². The Morgan fingerprint density at radius 3 is 2.94 bits per heavy atom. The molecule has 1 aromatic carbocycles. The number of aliphatic hydroxyl groups excluding tert-OH is 1.